The molecule has 0 aromatic heterocycles. The molecule has 1 heterocycles. The maximum atomic E-state index is 10.1. The molecule has 0 saturated carbocycles. The third-order valence-electron chi connectivity index (χ3n) is 1.22. The maximum absolute atomic E-state index is 10.1. The molecule has 10 heavy (non-hydrogen) atoms. The Balaban J connectivity index is 2.33. The van der Waals surface area contributed by atoms with Crippen molar-refractivity contribution < 1.29 is 19.4 Å². The summed E-state index contributed by atoms with van der Waals surface area (Å²) in [4.78, 5) is 10.1. The van der Waals surface area contributed by atoms with Crippen LogP contribution in [0.4, 0.5) is 4.79 Å². The predicted molar refractivity (Wildman–Crippen MR) is 32.7 cm³/mol. The van der Waals surface area contributed by atoms with Crippen LogP contribution < -0.4 is 0 Å². The minimum absolute atomic E-state index is 0.399. The Morgan fingerprint density at radius 3 is 2.90 bits per heavy atom. The Kier molecular flexibility index (Phi) is 2.48. The standard InChI is InChI=1S/C5H7ClO4/c6-5(8)10-4-3(7)1-2-9-4/h3-4,7H,1-2H2/t3-,4?/m1/s1. The zero-order valence-corrected chi connectivity index (χ0v) is 5.87. The van der Waals surface area contributed by atoms with E-state index >= 15 is 0 Å². The summed E-state index contributed by atoms with van der Waals surface area (Å²) < 4.78 is 9.18. The lowest BCUT2D eigenvalue weighted by Gasteiger charge is -2.11. The van der Waals surface area contributed by atoms with Crippen LogP contribution in [-0.2, 0) is 9.47 Å². The zero-order chi connectivity index (χ0) is 7.56. The van der Waals surface area contributed by atoms with Crippen LogP contribution in [0.3, 0.4) is 0 Å². The topological polar surface area (TPSA) is 55.8 Å². The molecule has 1 fully saturated rings. The van der Waals surface area contributed by atoms with Crippen LogP contribution in [0.1, 0.15) is 6.42 Å². The van der Waals surface area contributed by atoms with Gasteiger partial charge < -0.3 is 14.6 Å². The van der Waals surface area contributed by atoms with E-state index in [0.29, 0.717) is 13.0 Å². The molecule has 1 aliphatic rings. The average Bonchev–Trinajstić information content (AvgIpc) is 2.15. The first kappa shape index (κ1) is 7.78. The summed E-state index contributed by atoms with van der Waals surface area (Å²) in [5.41, 5.74) is -0.953. The van der Waals surface area contributed by atoms with E-state index in [1.165, 1.54) is 0 Å². The van der Waals surface area contributed by atoms with Gasteiger partial charge in [-0.15, -0.1) is 0 Å². The van der Waals surface area contributed by atoms with Gasteiger partial charge in [0.2, 0.25) is 6.29 Å². The highest BCUT2D eigenvalue weighted by molar-refractivity contribution is 6.61. The second-order valence-electron chi connectivity index (χ2n) is 1.95. The van der Waals surface area contributed by atoms with Crippen LogP contribution in [0, 0.1) is 0 Å². The van der Waals surface area contributed by atoms with Gasteiger partial charge in [0, 0.05) is 18.0 Å². The van der Waals surface area contributed by atoms with Crippen LogP contribution in [0.5, 0.6) is 0 Å². The molecule has 1 aliphatic heterocycles. The summed E-state index contributed by atoms with van der Waals surface area (Å²) >= 11 is 4.87. The van der Waals surface area contributed by atoms with Gasteiger partial charge >= 0.3 is 5.43 Å². The fourth-order valence-electron chi connectivity index (χ4n) is 0.756. The molecule has 1 unspecified atom stereocenters. The van der Waals surface area contributed by atoms with Gasteiger partial charge in [-0.2, -0.15) is 0 Å². The second kappa shape index (κ2) is 3.18. The molecule has 0 aromatic rings. The van der Waals surface area contributed by atoms with Crippen molar-refractivity contribution in [1.29, 1.82) is 0 Å². The van der Waals surface area contributed by atoms with Crippen molar-refractivity contribution in [2.75, 3.05) is 6.61 Å². The Bertz CT molecular complexity index is 138. The summed E-state index contributed by atoms with van der Waals surface area (Å²) in [7, 11) is 0. The number of carbonyl (C=O) groups is 1. The highest BCUT2D eigenvalue weighted by atomic mass is 35.5. The first-order valence-electron chi connectivity index (χ1n) is 2.86. The Hall–Kier alpha value is -0.320. The molecule has 0 amide bonds. The van der Waals surface area contributed by atoms with E-state index in [9.17, 15) is 4.79 Å². The van der Waals surface area contributed by atoms with Crippen molar-refractivity contribution in [3.05, 3.63) is 0 Å². The number of hydrogen-bond acceptors (Lipinski definition) is 4. The van der Waals surface area contributed by atoms with E-state index in [1.807, 2.05) is 0 Å². The first-order valence-corrected chi connectivity index (χ1v) is 3.24. The fourth-order valence-corrected chi connectivity index (χ4v) is 0.844. The number of rotatable bonds is 1. The molecule has 0 aromatic carbocycles. The summed E-state index contributed by atoms with van der Waals surface area (Å²) in [6.45, 7) is 0.399. The summed E-state index contributed by atoms with van der Waals surface area (Å²) in [5, 5.41) is 8.98. The van der Waals surface area contributed by atoms with Gasteiger partial charge in [0.1, 0.15) is 6.10 Å². The SMILES string of the molecule is O=C(Cl)OC1OCC[C@H]1O. The number of halogens is 1. The van der Waals surface area contributed by atoms with E-state index in [0.717, 1.165) is 0 Å². The number of ether oxygens (including phenoxy) is 2. The minimum atomic E-state index is -0.953. The lowest BCUT2D eigenvalue weighted by atomic mass is 10.3. The number of carbonyl (C=O) groups excluding carboxylic acids is 1. The lowest BCUT2D eigenvalue weighted by Crippen LogP contribution is -2.24. The molecule has 58 valence electrons. The number of hydrogen-bond donors (Lipinski definition) is 1. The van der Waals surface area contributed by atoms with E-state index in [4.69, 9.17) is 21.4 Å². The molecule has 0 spiro atoms. The lowest BCUT2D eigenvalue weighted by molar-refractivity contribution is -0.105. The first-order chi connectivity index (χ1) is 4.70. The fraction of sp³-hybridized carbons (Fsp3) is 0.800. The predicted octanol–water partition coefficient (Wildman–Crippen LogP) is 0.469. The van der Waals surface area contributed by atoms with Crippen molar-refractivity contribution in [1.82, 2.24) is 0 Å². The summed E-state index contributed by atoms with van der Waals surface area (Å²) in [6, 6.07) is 0. The van der Waals surface area contributed by atoms with Gasteiger partial charge in [0.25, 0.3) is 0 Å². The zero-order valence-electron chi connectivity index (χ0n) is 5.12. The molecule has 1 saturated heterocycles. The Morgan fingerprint density at radius 2 is 2.50 bits per heavy atom. The van der Waals surface area contributed by atoms with Gasteiger partial charge in [-0.05, 0) is 0 Å². The Morgan fingerprint density at radius 1 is 1.80 bits per heavy atom. The van der Waals surface area contributed by atoms with Crippen molar-refractivity contribution in [3.8, 4) is 0 Å². The van der Waals surface area contributed by atoms with Crippen molar-refractivity contribution in [2.24, 2.45) is 0 Å². The normalized spacial score (nSPS) is 32.2. The van der Waals surface area contributed by atoms with E-state index in [1.54, 1.807) is 0 Å². The van der Waals surface area contributed by atoms with Gasteiger partial charge in [-0.1, -0.05) is 0 Å². The minimum Gasteiger partial charge on any atom is -0.421 e. The molecule has 0 bridgehead atoms. The molecular formula is C5H7ClO4. The number of aliphatic hydroxyl groups excluding tert-OH is 1. The molecule has 0 aliphatic carbocycles. The molecular weight excluding hydrogens is 160 g/mol. The maximum Gasteiger partial charge on any atom is 0.406 e. The van der Waals surface area contributed by atoms with E-state index < -0.39 is 17.8 Å². The van der Waals surface area contributed by atoms with Crippen LogP contribution in [0.2, 0.25) is 0 Å². The summed E-state index contributed by atoms with van der Waals surface area (Å²) in [6.07, 6.45) is -1.12. The van der Waals surface area contributed by atoms with Crippen LogP contribution in [-0.4, -0.2) is 29.5 Å². The highest BCUT2D eigenvalue weighted by Crippen LogP contribution is 2.15. The monoisotopic (exact) mass is 166 g/mol. The van der Waals surface area contributed by atoms with Crippen LogP contribution >= 0.6 is 11.6 Å². The van der Waals surface area contributed by atoms with Crippen LogP contribution in [0.15, 0.2) is 0 Å². The molecule has 1 N–H and O–H groups in total. The van der Waals surface area contributed by atoms with Crippen molar-refractivity contribution in [3.63, 3.8) is 0 Å². The molecule has 0 radical (unpaired) electrons. The van der Waals surface area contributed by atoms with Crippen molar-refractivity contribution >= 4 is 17.0 Å². The molecule has 4 nitrogen and oxygen atoms in total. The Labute approximate surface area is 62.7 Å². The molecule has 5 heteroatoms. The number of aliphatic hydroxyl groups is 1. The van der Waals surface area contributed by atoms with Crippen molar-refractivity contribution in [2.45, 2.75) is 18.8 Å². The van der Waals surface area contributed by atoms with Gasteiger partial charge in [0.15, 0.2) is 0 Å². The van der Waals surface area contributed by atoms with Gasteiger partial charge in [0.05, 0.1) is 6.61 Å². The van der Waals surface area contributed by atoms with E-state index in [2.05, 4.69) is 4.74 Å². The molecule has 1 rings (SSSR count). The highest BCUT2D eigenvalue weighted by Gasteiger charge is 2.28. The largest absolute Gasteiger partial charge is 0.421 e. The second-order valence-corrected chi connectivity index (χ2v) is 2.26. The van der Waals surface area contributed by atoms with Gasteiger partial charge in [-0.25, -0.2) is 4.79 Å². The summed E-state index contributed by atoms with van der Waals surface area (Å²) in [5.74, 6) is 0. The average molecular weight is 167 g/mol. The van der Waals surface area contributed by atoms with E-state index in [-0.39, 0.29) is 0 Å². The van der Waals surface area contributed by atoms with Gasteiger partial charge in [-0.3, -0.25) is 0 Å². The third kappa shape index (κ3) is 1.83. The molecule has 2 atom stereocenters. The third-order valence-corrected chi connectivity index (χ3v) is 1.31. The smallest absolute Gasteiger partial charge is 0.406 e. The van der Waals surface area contributed by atoms with Crippen LogP contribution in [0.25, 0.3) is 0 Å². The quantitative estimate of drug-likeness (QED) is 0.576.